The number of piperazine rings is 1. The van der Waals surface area contributed by atoms with E-state index in [1.165, 1.54) is 29.5 Å². The first-order valence-electron chi connectivity index (χ1n) is 14.0. The molecule has 0 aromatic heterocycles. The normalized spacial score (nSPS) is 33.3. The van der Waals surface area contributed by atoms with Gasteiger partial charge in [0.25, 0.3) is 0 Å². The molecule has 2 aromatic carbocycles. The van der Waals surface area contributed by atoms with Crippen molar-refractivity contribution in [1.82, 2.24) is 9.80 Å². The van der Waals surface area contributed by atoms with Gasteiger partial charge in [-0.1, -0.05) is 79.7 Å². The van der Waals surface area contributed by atoms with Crippen LogP contribution in [0.3, 0.4) is 0 Å². The molecule has 2 heterocycles. The fourth-order valence-corrected chi connectivity index (χ4v) is 7.83. The van der Waals surface area contributed by atoms with Gasteiger partial charge in [-0.25, -0.2) is 0 Å². The van der Waals surface area contributed by atoms with Gasteiger partial charge in [0.15, 0.2) is 0 Å². The summed E-state index contributed by atoms with van der Waals surface area (Å²) in [6.45, 7) is 11.7. The molecule has 0 radical (unpaired) electrons. The van der Waals surface area contributed by atoms with Gasteiger partial charge in [-0.3, -0.25) is 14.6 Å². The van der Waals surface area contributed by atoms with Gasteiger partial charge in [-0.2, -0.15) is 0 Å². The first-order valence-corrected chi connectivity index (χ1v) is 14.0. The zero-order valence-electron chi connectivity index (χ0n) is 21.6. The molecule has 2 aliphatic carbocycles. The molecular weight excluding hydrogens is 444 g/mol. The van der Waals surface area contributed by atoms with E-state index in [0.717, 1.165) is 52.0 Å². The zero-order chi connectivity index (χ0) is 24.7. The lowest BCUT2D eigenvalue weighted by molar-refractivity contribution is -0.146. The molecule has 0 bridgehead atoms. The van der Waals surface area contributed by atoms with Crippen molar-refractivity contribution in [3.8, 4) is 0 Å². The predicted molar refractivity (Wildman–Crippen MR) is 143 cm³/mol. The molecule has 4 heteroatoms. The van der Waals surface area contributed by atoms with Crippen LogP contribution in [0.1, 0.15) is 56.2 Å². The summed E-state index contributed by atoms with van der Waals surface area (Å²) in [5.74, 6) is 0.968. The van der Waals surface area contributed by atoms with Gasteiger partial charge >= 0.3 is 5.97 Å². The van der Waals surface area contributed by atoms with Gasteiger partial charge in [0.2, 0.25) is 0 Å². The van der Waals surface area contributed by atoms with Crippen LogP contribution in [0, 0.1) is 23.2 Å². The number of allylic oxidation sites excluding steroid dienone is 1. The van der Waals surface area contributed by atoms with E-state index in [1.807, 2.05) is 0 Å². The maximum Gasteiger partial charge on any atom is 0.310 e. The topological polar surface area (TPSA) is 32.8 Å². The molecule has 2 aromatic rings. The largest absolute Gasteiger partial charge is 0.462 e. The zero-order valence-corrected chi connectivity index (χ0v) is 21.6. The Morgan fingerprint density at radius 3 is 2.28 bits per heavy atom. The van der Waals surface area contributed by atoms with Crippen molar-refractivity contribution in [1.29, 1.82) is 0 Å². The number of hydrogen-bond donors (Lipinski definition) is 0. The SMILES string of the molecule is C=C1CCCC2(C)CC3OC(=O)C(CN4CCN(C(c5ccccc5)c5ccccc5)CC4)C3CC12. The van der Waals surface area contributed by atoms with Crippen LogP contribution in [0.5, 0.6) is 0 Å². The second-order valence-corrected chi connectivity index (χ2v) is 12.0. The molecule has 0 N–H and O–H groups in total. The van der Waals surface area contributed by atoms with E-state index in [9.17, 15) is 4.79 Å². The van der Waals surface area contributed by atoms with Crippen molar-refractivity contribution in [3.05, 3.63) is 83.9 Å². The third-order valence-corrected chi connectivity index (χ3v) is 9.78. The minimum Gasteiger partial charge on any atom is -0.462 e. The number of benzene rings is 2. The Morgan fingerprint density at radius 2 is 1.64 bits per heavy atom. The average Bonchev–Trinajstić information content (AvgIpc) is 3.18. The van der Waals surface area contributed by atoms with E-state index < -0.39 is 0 Å². The van der Waals surface area contributed by atoms with Crippen LogP contribution in [0.15, 0.2) is 72.8 Å². The minimum atomic E-state index is 0.0138. The first kappa shape index (κ1) is 23.9. The van der Waals surface area contributed by atoms with E-state index in [-0.39, 0.29) is 29.4 Å². The van der Waals surface area contributed by atoms with Crippen molar-refractivity contribution in [2.75, 3.05) is 32.7 Å². The number of carbonyl (C=O) groups excluding carboxylic acids is 1. The highest BCUT2D eigenvalue weighted by Gasteiger charge is 2.55. The maximum atomic E-state index is 13.1. The monoisotopic (exact) mass is 484 g/mol. The summed E-state index contributed by atoms with van der Waals surface area (Å²) in [6, 6.07) is 22.0. The second-order valence-electron chi connectivity index (χ2n) is 12.0. The van der Waals surface area contributed by atoms with Gasteiger partial charge in [0.1, 0.15) is 6.10 Å². The van der Waals surface area contributed by atoms with Crippen LogP contribution in [0.25, 0.3) is 0 Å². The van der Waals surface area contributed by atoms with E-state index in [0.29, 0.717) is 11.8 Å². The number of ether oxygens (including phenoxy) is 1. The van der Waals surface area contributed by atoms with Crippen LogP contribution < -0.4 is 0 Å². The van der Waals surface area contributed by atoms with Gasteiger partial charge in [0, 0.05) is 38.6 Å². The molecule has 2 saturated carbocycles. The second kappa shape index (κ2) is 9.79. The summed E-state index contributed by atoms with van der Waals surface area (Å²) in [5.41, 5.74) is 4.37. The third kappa shape index (κ3) is 4.43. The Hall–Kier alpha value is -2.43. The van der Waals surface area contributed by atoms with Crippen LogP contribution in [0.2, 0.25) is 0 Å². The van der Waals surface area contributed by atoms with Crippen molar-refractivity contribution in [2.24, 2.45) is 23.2 Å². The minimum absolute atomic E-state index is 0.0138. The molecule has 4 nitrogen and oxygen atoms in total. The number of carbonyl (C=O) groups is 1. The molecule has 5 unspecified atom stereocenters. The number of nitrogens with zero attached hydrogens (tertiary/aromatic N) is 2. The summed E-state index contributed by atoms with van der Waals surface area (Å²) in [4.78, 5) is 18.2. The van der Waals surface area contributed by atoms with Crippen molar-refractivity contribution in [3.63, 3.8) is 0 Å². The molecule has 0 amide bonds. The standard InChI is InChI=1S/C32H40N2O2/c1-23-10-9-15-32(2)21-29-26(20-28(23)32)27(31(35)36-29)22-33-16-18-34(19-17-33)30(24-11-5-3-6-12-24)25-13-7-4-8-14-25/h3-8,11-14,26-30H,1,9-10,15-22H2,2H3. The number of hydrogen-bond acceptors (Lipinski definition) is 4. The van der Waals surface area contributed by atoms with E-state index >= 15 is 0 Å². The summed E-state index contributed by atoms with van der Waals surface area (Å²) < 4.78 is 6.04. The highest BCUT2D eigenvalue weighted by molar-refractivity contribution is 5.75. The Kier molecular flexibility index (Phi) is 6.51. The molecule has 2 saturated heterocycles. The predicted octanol–water partition coefficient (Wildman–Crippen LogP) is 5.71. The summed E-state index contributed by atoms with van der Waals surface area (Å²) in [7, 11) is 0. The van der Waals surface area contributed by atoms with Crippen LogP contribution in [0.4, 0.5) is 0 Å². The van der Waals surface area contributed by atoms with Crippen LogP contribution in [-0.2, 0) is 9.53 Å². The van der Waals surface area contributed by atoms with Crippen molar-refractivity contribution >= 4 is 5.97 Å². The van der Waals surface area contributed by atoms with Gasteiger partial charge in [-0.05, 0) is 54.6 Å². The van der Waals surface area contributed by atoms with E-state index in [1.54, 1.807) is 0 Å². The Bertz CT molecular complexity index is 1040. The summed E-state index contributed by atoms with van der Waals surface area (Å²) in [5, 5.41) is 0. The lowest BCUT2D eigenvalue weighted by atomic mass is 9.55. The molecule has 0 spiro atoms. The fourth-order valence-electron chi connectivity index (χ4n) is 7.83. The van der Waals surface area contributed by atoms with Crippen LogP contribution >= 0.6 is 0 Å². The Morgan fingerprint density at radius 1 is 1.00 bits per heavy atom. The Labute approximate surface area is 216 Å². The number of fused-ring (bicyclic) bond motifs is 2. The van der Waals surface area contributed by atoms with E-state index in [4.69, 9.17) is 4.74 Å². The van der Waals surface area contributed by atoms with Crippen LogP contribution in [-0.4, -0.2) is 54.6 Å². The lowest BCUT2D eigenvalue weighted by Crippen LogP contribution is -2.50. The highest BCUT2D eigenvalue weighted by Crippen LogP contribution is 2.57. The van der Waals surface area contributed by atoms with Gasteiger partial charge < -0.3 is 4.74 Å². The molecule has 190 valence electrons. The lowest BCUT2D eigenvalue weighted by Gasteiger charge is -2.50. The smallest absolute Gasteiger partial charge is 0.310 e. The van der Waals surface area contributed by atoms with Gasteiger partial charge in [0.05, 0.1) is 12.0 Å². The molecular formula is C32H40N2O2. The van der Waals surface area contributed by atoms with E-state index in [2.05, 4.69) is 84.0 Å². The number of rotatable bonds is 5. The maximum absolute atomic E-state index is 13.1. The van der Waals surface area contributed by atoms with Crippen molar-refractivity contribution < 1.29 is 9.53 Å². The Balaban J connectivity index is 1.13. The molecule has 6 rings (SSSR count). The quantitative estimate of drug-likeness (QED) is 0.402. The highest BCUT2D eigenvalue weighted by atomic mass is 16.6. The van der Waals surface area contributed by atoms with Gasteiger partial charge in [-0.15, -0.1) is 0 Å². The van der Waals surface area contributed by atoms with Crippen molar-refractivity contribution in [2.45, 2.75) is 51.2 Å². The number of esters is 1. The average molecular weight is 485 g/mol. The molecule has 4 fully saturated rings. The third-order valence-electron chi connectivity index (χ3n) is 9.78. The fraction of sp³-hybridized carbons (Fsp3) is 0.531. The molecule has 5 atom stereocenters. The molecule has 4 aliphatic rings. The summed E-state index contributed by atoms with van der Waals surface area (Å²) >= 11 is 0. The molecule has 2 aliphatic heterocycles. The molecule has 36 heavy (non-hydrogen) atoms. The first-order chi connectivity index (χ1) is 17.5. The summed E-state index contributed by atoms with van der Waals surface area (Å²) in [6.07, 6.45) is 5.85.